The molecule has 1 aromatic rings. The van der Waals surface area contributed by atoms with Gasteiger partial charge in [0.1, 0.15) is 0 Å². The van der Waals surface area contributed by atoms with Crippen LogP contribution in [0.15, 0.2) is 12.1 Å². The zero-order valence-corrected chi connectivity index (χ0v) is 16.5. The van der Waals surface area contributed by atoms with E-state index in [1.165, 1.54) is 38.5 Å². The van der Waals surface area contributed by atoms with Crippen LogP contribution in [0, 0.1) is 0 Å². The lowest BCUT2D eigenvalue weighted by Crippen LogP contribution is -2.16. The maximum absolute atomic E-state index is 4.37. The fraction of sp³-hybridized carbons (Fsp3) is 0.600. The van der Waals surface area contributed by atoms with E-state index < -0.39 is 0 Å². The molecular formula is C15H26S3Si. The largest absolute Gasteiger partial charge is 0.179 e. The Hall–Kier alpha value is 0.487. The third kappa shape index (κ3) is 5.78. The minimum atomic E-state index is 0.973. The fourth-order valence-electron chi connectivity index (χ4n) is 2.53. The molecule has 0 aliphatic rings. The Morgan fingerprint density at radius 2 is 1.26 bits per heavy atom. The lowest BCUT2D eigenvalue weighted by atomic mass is 9.92. The monoisotopic (exact) mass is 330 g/mol. The second-order valence-electron chi connectivity index (χ2n) is 4.98. The maximum Gasteiger partial charge on any atom is 0.0388 e. The predicted octanol–water partition coefficient (Wildman–Crippen LogP) is 2.26. The third-order valence-corrected chi connectivity index (χ3v) is 5.42. The standard InChI is InChI=1S/C15H26S3Si/c16-9-1-4-12-7-8-15(19)14(6-3-11-18)13(12)5-2-10-17/h7-8,16-18H,1-6,9-11H2,19H3. The summed E-state index contributed by atoms with van der Waals surface area (Å²) in [5.41, 5.74) is 4.79. The second kappa shape index (κ2) is 10.2. The van der Waals surface area contributed by atoms with Crippen LogP contribution in [0.1, 0.15) is 36.0 Å². The molecule has 0 nitrogen and oxygen atoms in total. The van der Waals surface area contributed by atoms with Crippen molar-refractivity contribution in [3.05, 3.63) is 28.8 Å². The van der Waals surface area contributed by atoms with E-state index in [4.69, 9.17) is 0 Å². The molecule has 0 radical (unpaired) electrons. The van der Waals surface area contributed by atoms with Crippen molar-refractivity contribution in [3.8, 4) is 0 Å². The highest BCUT2D eigenvalue weighted by Gasteiger charge is 2.10. The van der Waals surface area contributed by atoms with Crippen molar-refractivity contribution in [2.45, 2.75) is 38.5 Å². The summed E-state index contributed by atoms with van der Waals surface area (Å²) in [6.07, 6.45) is 7.07. The SMILES string of the molecule is [SiH3]c1ccc(CCCS)c(CCCS)c1CCCS. The van der Waals surface area contributed by atoms with Crippen molar-refractivity contribution in [1.29, 1.82) is 0 Å². The van der Waals surface area contributed by atoms with Gasteiger partial charge in [0.15, 0.2) is 0 Å². The van der Waals surface area contributed by atoms with Crippen LogP contribution in [0.3, 0.4) is 0 Å². The molecular weight excluding hydrogens is 304 g/mol. The van der Waals surface area contributed by atoms with Crippen molar-refractivity contribution in [2.24, 2.45) is 0 Å². The van der Waals surface area contributed by atoms with Crippen LogP contribution in [-0.2, 0) is 19.3 Å². The summed E-state index contributed by atoms with van der Waals surface area (Å²) in [7, 11) is 1.14. The predicted molar refractivity (Wildman–Crippen MR) is 103 cm³/mol. The van der Waals surface area contributed by atoms with Gasteiger partial charge in [-0.3, -0.25) is 0 Å². The first kappa shape index (κ1) is 17.5. The van der Waals surface area contributed by atoms with Gasteiger partial charge in [0.2, 0.25) is 0 Å². The van der Waals surface area contributed by atoms with Gasteiger partial charge in [-0.1, -0.05) is 17.3 Å². The van der Waals surface area contributed by atoms with Gasteiger partial charge in [0.05, 0.1) is 0 Å². The molecule has 0 atom stereocenters. The van der Waals surface area contributed by atoms with E-state index in [1.54, 1.807) is 21.9 Å². The van der Waals surface area contributed by atoms with Gasteiger partial charge in [0.25, 0.3) is 0 Å². The Labute approximate surface area is 137 Å². The normalized spacial score (nSPS) is 11.1. The molecule has 1 aromatic carbocycles. The van der Waals surface area contributed by atoms with E-state index >= 15 is 0 Å². The Kier molecular flexibility index (Phi) is 9.46. The Bertz CT molecular complexity index is 380. The molecule has 0 spiro atoms. The van der Waals surface area contributed by atoms with Crippen LogP contribution in [0.2, 0.25) is 0 Å². The number of rotatable bonds is 9. The van der Waals surface area contributed by atoms with E-state index in [0.29, 0.717) is 0 Å². The highest BCUT2D eigenvalue weighted by atomic mass is 32.1. The highest BCUT2D eigenvalue weighted by molar-refractivity contribution is 7.80. The van der Waals surface area contributed by atoms with Crippen LogP contribution >= 0.6 is 37.9 Å². The number of thiol groups is 3. The van der Waals surface area contributed by atoms with Crippen LogP contribution < -0.4 is 5.19 Å². The van der Waals surface area contributed by atoms with Crippen LogP contribution in [0.25, 0.3) is 0 Å². The zero-order valence-electron chi connectivity index (χ0n) is 11.9. The molecule has 0 amide bonds. The highest BCUT2D eigenvalue weighted by Crippen LogP contribution is 2.19. The Balaban J connectivity index is 3.00. The number of benzene rings is 1. The molecule has 0 fully saturated rings. The van der Waals surface area contributed by atoms with Crippen molar-refractivity contribution in [1.82, 2.24) is 0 Å². The summed E-state index contributed by atoms with van der Waals surface area (Å²) in [5.74, 6) is 2.93. The molecule has 0 aliphatic carbocycles. The number of hydrogen-bond acceptors (Lipinski definition) is 3. The number of aryl methyl sites for hydroxylation is 1. The topological polar surface area (TPSA) is 0 Å². The maximum atomic E-state index is 4.37. The minimum Gasteiger partial charge on any atom is -0.179 e. The van der Waals surface area contributed by atoms with Gasteiger partial charge >= 0.3 is 0 Å². The molecule has 19 heavy (non-hydrogen) atoms. The third-order valence-electron chi connectivity index (χ3n) is 3.54. The molecule has 4 heteroatoms. The van der Waals surface area contributed by atoms with Crippen molar-refractivity contribution in [3.63, 3.8) is 0 Å². The molecule has 0 aliphatic heterocycles. The van der Waals surface area contributed by atoms with E-state index in [9.17, 15) is 0 Å². The first-order chi connectivity index (χ1) is 9.24. The van der Waals surface area contributed by atoms with Gasteiger partial charge < -0.3 is 0 Å². The Morgan fingerprint density at radius 3 is 1.84 bits per heavy atom. The van der Waals surface area contributed by atoms with Gasteiger partial charge in [-0.15, -0.1) is 0 Å². The van der Waals surface area contributed by atoms with E-state index in [1.807, 2.05) is 0 Å². The molecule has 0 bridgehead atoms. The first-order valence-corrected chi connectivity index (χ1v) is 10.1. The van der Waals surface area contributed by atoms with E-state index in [0.717, 1.165) is 27.5 Å². The fourth-order valence-corrected chi connectivity index (χ4v) is 3.73. The van der Waals surface area contributed by atoms with Gasteiger partial charge in [-0.2, -0.15) is 37.9 Å². The number of hydrogen-bond donors (Lipinski definition) is 3. The second-order valence-corrected chi connectivity index (χ2v) is 7.40. The molecule has 0 N–H and O–H groups in total. The van der Waals surface area contributed by atoms with Crippen molar-refractivity contribution in [2.75, 3.05) is 17.3 Å². The summed E-state index contributed by atoms with van der Waals surface area (Å²) in [6.45, 7) is 0. The average molecular weight is 331 g/mol. The quantitative estimate of drug-likeness (QED) is 0.449. The van der Waals surface area contributed by atoms with Crippen molar-refractivity contribution < 1.29 is 0 Å². The Morgan fingerprint density at radius 1 is 0.737 bits per heavy atom. The molecule has 0 aromatic heterocycles. The molecule has 0 saturated carbocycles. The average Bonchev–Trinajstić information content (AvgIpc) is 2.42. The van der Waals surface area contributed by atoms with Crippen LogP contribution in [0.4, 0.5) is 0 Å². The van der Waals surface area contributed by atoms with Gasteiger partial charge in [0, 0.05) is 10.2 Å². The lowest BCUT2D eigenvalue weighted by Gasteiger charge is -2.17. The molecule has 108 valence electrons. The summed E-state index contributed by atoms with van der Waals surface area (Å²) in [5, 5.41) is 1.57. The zero-order chi connectivity index (χ0) is 14.1. The minimum absolute atomic E-state index is 0.973. The van der Waals surface area contributed by atoms with Crippen LogP contribution in [-0.4, -0.2) is 27.5 Å². The lowest BCUT2D eigenvalue weighted by molar-refractivity contribution is 0.840. The van der Waals surface area contributed by atoms with Crippen LogP contribution in [0.5, 0.6) is 0 Å². The molecule has 1 rings (SSSR count). The summed E-state index contributed by atoms with van der Waals surface area (Å²) in [6, 6.07) is 4.70. The first-order valence-electron chi connectivity index (χ1n) is 7.17. The van der Waals surface area contributed by atoms with Crippen molar-refractivity contribution >= 4 is 53.3 Å². The summed E-state index contributed by atoms with van der Waals surface area (Å²) < 4.78 is 0. The van der Waals surface area contributed by atoms with Gasteiger partial charge in [-0.25, -0.2) is 0 Å². The van der Waals surface area contributed by atoms with E-state index in [2.05, 4.69) is 50.0 Å². The van der Waals surface area contributed by atoms with E-state index in [-0.39, 0.29) is 0 Å². The van der Waals surface area contributed by atoms with Gasteiger partial charge in [-0.05, 0) is 72.5 Å². The summed E-state index contributed by atoms with van der Waals surface area (Å²) >= 11 is 13.1. The molecule has 0 heterocycles. The summed E-state index contributed by atoms with van der Waals surface area (Å²) in [4.78, 5) is 0. The smallest absolute Gasteiger partial charge is 0.0388 e. The molecule has 0 unspecified atom stereocenters. The molecule has 0 saturated heterocycles.